The summed E-state index contributed by atoms with van der Waals surface area (Å²) in [7, 11) is 1.77. The third-order valence-electron chi connectivity index (χ3n) is 4.44. The van der Waals surface area contributed by atoms with Crippen LogP contribution in [0.4, 0.5) is 13.2 Å². The van der Waals surface area contributed by atoms with Crippen LogP contribution < -0.4 is 11.3 Å². The van der Waals surface area contributed by atoms with Crippen molar-refractivity contribution in [3.63, 3.8) is 0 Å². The number of aryl methyl sites for hydroxylation is 1. The minimum absolute atomic E-state index is 0.129. The van der Waals surface area contributed by atoms with Crippen LogP contribution >= 0.6 is 0 Å². The van der Waals surface area contributed by atoms with Gasteiger partial charge in [-0.25, -0.2) is 5.84 Å². The first kappa shape index (κ1) is 17.9. The van der Waals surface area contributed by atoms with Crippen molar-refractivity contribution in [3.05, 3.63) is 53.9 Å². The first-order valence-corrected chi connectivity index (χ1v) is 8.09. The number of rotatable bonds is 2. The van der Waals surface area contributed by atoms with E-state index in [1.165, 1.54) is 6.07 Å². The van der Waals surface area contributed by atoms with E-state index in [-0.39, 0.29) is 22.2 Å². The first-order chi connectivity index (χ1) is 13.3. The van der Waals surface area contributed by atoms with Crippen LogP contribution in [0.15, 0.2) is 42.6 Å². The number of carbonyl (C=O) groups excluding carboxylic acids is 1. The van der Waals surface area contributed by atoms with Crippen LogP contribution in [0.1, 0.15) is 16.1 Å². The van der Waals surface area contributed by atoms with E-state index in [9.17, 15) is 18.0 Å². The molecule has 0 saturated carbocycles. The number of aromatic nitrogens is 4. The van der Waals surface area contributed by atoms with Crippen molar-refractivity contribution in [1.29, 1.82) is 0 Å². The van der Waals surface area contributed by atoms with Gasteiger partial charge >= 0.3 is 6.18 Å². The fourth-order valence-electron chi connectivity index (χ4n) is 3.06. The van der Waals surface area contributed by atoms with E-state index < -0.39 is 17.6 Å². The number of carbonyl (C=O) groups is 1. The van der Waals surface area contributed by atoms with Gasteiger partial charge in [0.2, 0.25) is 0 Å². The van der Waals surface area contributed by atoms with Crippen LogP contribution in [0, 0.1) is 0 Å². The van der Waals surface area contributed by atoms with Crippen LogP contribution in [0.25, 0.3) is 32.9 Å². The molecule has 7 nitrogen and oxygen atoms in total. The number of fused-ring (bicyclic) bond motifs is 2. The SMILES string of the molecule is Cn1ncc2cc(-c3cc(C(F)(F)F)cc4cc(C(=O)NN)nnc34)ccc21. The Morgan fingerprint density at radius 3 is 2.61 bits per heavy atom. The van der Waals surface area contributed by atoms with E-state index in [2.05, 4.69) is 15.3 Å². The summed E-state index contributed by atoms with van der Waals surface area (Å²) in [6.45, 7) is 0. The zero-order valence-electron chi connectivity index (χ0n) is 14.4. The number of hydrogen-bond acceptors (Lipinski definition) is 5. The van der Waals surface area contributed by atoms with Gasteiger partial charge in [0.1, 0.15) is 5.52 Å². The minimum Gasteiger partial charge on any atom is -0.289 e. The molecule has 4 aromatic rings. The molecule has 2 aromatic carbocycles. The molecule has 0 radical (unpaired) electrons. The molecule has 0 fully saturated rings. The smallest absolute Gasteiger partial charge is 0.289 e. The maximum atomic E-state index is 13.4. The molecule has 0 spiro atoms. The third-order valence-corrected chi connectivity index (χ3v) is 4.44. The Balaban J connectivity index is 2.00. The van der Waals surface area contributed by atoms with Gasteiger partial charge in [0.25, 0.3) is 5.91 Å². The number of amides is 1. The number of halogens is 3. The summed E-state index contributed by atoms with van der Waals surface area (Å²) in [5, 5.41) is 12.8. The van der Waals surface area contributed by atoms with Gasteiger partial charge in [-0.2, -0.15) is 18.3 Å². The normalized spacial score (nSPS) is 11.9. The summed E-state index contributed by atoms with van der Waals surface area (Å²) in [5.41, 5.74) is 2.72. The summed E-state index contributed by atoms with van der Waals surface area (Å²) in [5.74, 6) is 4.32. The summed E-state index contributed by atoms with van der Waals surface area (Å²) in [6.07, 6.45) is -2.94. The fraction of sp³-hybridized carbons (Fsp3) is 0.111. The summed E-state index contributed by atoms with van der Waals surface area (Å²) in [4.78, 5) is 11.7. The molecule has 0 unspecified atom stereocenters. The Bertz CT molecular complexity index is 1230. The lowest BCUT2D eigenvalue weighted by Gasteiger charge is -2.13. The quantitative estimate of drug-likeness (QED) is 0.314. The fourth-order valence-corrected chi connectivity index (χ4v) is 3.06. The molecule has 1 amide bonds. The molecule has 0 bridgehead atoms. The molecule has 2 aromatic heterocycles. The van der Waals surface area contributed by atoms with Gasteiger partial charge in [-0.15, -0.1) is 10.2 Å². The van der Waals surface area contributed by atoms with Gasteiger partial charge < -0.3 is 0 Å². The maximum Gasteiger partial charge on any atom is 0.416 e. The van der Waals surface area contributed by atoms with Crippen molar-refractivity contribution >= 4 is 27.7 Å². The lowest BCUT2D eigenvalue weighted by Crippen LogP contribution is -2.30. The summed E-state index contributed by atoms with van der Waals surface area (Å²) >= 11 is 0. The van der Waals surface area contributed by atoms with E-state index in [0.29, 0.717) is 5.56 Å². The number of nitrogen functional groups attached to an aromatic ring is 1. The monoisotopic (exact) mass is 386 g/mol. The first-order valence-electron chi connectivity index (χ1n) is 8.09. The van der Waals surface area contributed by atoms with Gasteiger partial charge in [0, 0.05) is 23.4 Å². The lowest BCUT2D eigenvalue weighted by atomic mass is 9.97. The van der Waals surface area contributed by atoms with Crippen molar-refractivity contribution in [2.75, 3.05) is 0 Å². The van der Waals surface area contributed by atoms with Crippen molar-refractivity contribution in [1.82, 2.24) is 25.4 Å². The molecule has 142 valence electrons. The Morgan fingerprint density at radius 1 is 1.11 bits per heavy atom. The highest BCUT2D eigenvalue weighted by Gasteiger charge is 2.32. The number of nitrogens with one attached hydrogen (secondary N) is 1. The average molecular weight is 386 g/mol. The van der Waals surface area contributed by atoms with E-state index in [1.807, 2.05) is 5.43 Å². The van der Waals surface area contributed by atoms with Crippen LogP contribution in [0.5, 0.6) is 0 Å². The van der Waals surface area contributed by atoms with Crippen LogP contribution in [-0.4, -0.2) is 25.9 Å². The zero-order chi connectivity index (χ0) is 20.1. The number of alkyl halides is 3. The molecule has 28 heavy (non-hydrogen) atoms. The highest BCUT2D eigenvalue weighted by atomic mass is 19.4. The highest BCUT2D eigenvalue weighted by Crippen LogP contribution is 2.37. The Kier molecular flexibility index (Phi) is 4.00. The molecule has 10 heteroatoms. The summed E-state index contributed by atoms with van der Waals surface area (Å²) < 4.78 is 42.0. The molecule has 2 heterocycles. The highest BCUT2D eigenvalue weighted by molar-refractivity contribution is 6.00. The molecule has 0 aliphatic rings. The Morgan fingerprint density at radius 2 is 1.89 bits per heavy atom. The van der Waals surface area contributed by atoms with Crippen molar-refractivity contribution in [2.24, 2.45) is 12.9 Å². The van der Waals surface area contributed by atoms with Crippen molar-refractivity contribution in [2.45, 2.75) is 6.18 Å². The predicted octanol–water partition coefficient (Wildman–Crippen LogP) is 2.81. The molecule has 0 aliphatic heterocycles. The Labute approximate surface area is 155 Å². The van der Waals surface area contributed by atoms with Gasteiger partial charge in [-0.1, -0.05) is 6.07 Å². The maximum absolute atomic E-state index is 13.4. The minimum atomic E-state index is -4.57. The number of hydrogen-bond donors (Lipinski definition) is 2. The molecule has 3 N–H and O–H groups in total. The topological polar surface area (TPSA) is 98.7 Å². The molecule has 0 aliphatic carbocycles. The molecule has 0 saturated heterocycles. The number of benzene rings is 2. The standard InChI is InChI=1S/C18H13F3N6O/c1-27-15-3-2-9(4-11(15)8-23-27)13-7-12(18(19,20)21)5-10-6-14(17(28)24-22)25-26-16(10)13/h2-8H,22H2,1H3,(H,24,28). The van der Waals surface area contributed by atoms with Gasteiger partial charge in [-0.05, 0) is 35.9 Å². The van der Waals surface area contributed by atoms with Crippen LogP contribution in [0.2, 0.25) is 0 Å². The predicted molar refractivity (Wildman–Crippen MR) is 95.9 cm³/mol. The average Bonchev–Trinajstić information content (AvgIpc) is 3.05. The van der Waals surface area contributed by atoms with Crippen molar-refractivity contribution in [3.8, 4) is 11.1 Å². The van der Waals surface area contributed by atoms with Gasteiger partial charge in [0.15, 0.2) is 5.69 Å². The Hall–Kier alpha value is -3.53. The van der Waals surface area contributed by atoms with Gasteiger partial charge in [0.05, 0.1) is 17.3 Å². The van der Waals surface area contributed by atoms with Gasteiger partial charge in [-0.3, -0.25) is 14.9 Å². The number of nitrogens with two attached hydrogens (primary N) is 1. The van der Waals surface area contributed by atoms with Crippen LogP contribution in [0.3, 0.4) is 0 Å². The number of hydrazine groups is 1. The van der Waals surface area contributed by atoms with E-state index >= 15 is 0 Å². The molecular formula is C18H13F3N6O. The largest absolute Gasteiger partial charge is 0.416 e. The molecular weight excluding hydrogens is 373 g/mol. The zero-order valence-corrected chi connectivity index (χ0v) is 14.4. The van der Waals surface area contributed by atoms with Crippen LogP contribution in [-0.2, 0) is 13.2 Å². The van der Waals surface area contributed by atoms with E-state index in [4.69, 9.17) is 5.84 Å². The number of nitrogens with zero attached hydrogens (tertiary/aromatic N) is 4. The summed E-state index contributed by atoms with van der Waals surface area (Å²) in [6, 6.07) is 8.39. The lowest BCUT2D eigenvalue weighted by molar-refractivity contribution is -0.137. The van der Waals surface area contributed by atoms with E-state index in [1.54, 1.807) is 36.1 Å². The second kappa shape index (κ2) is 6.27. The molecule has 0 atom stereocenters. The second-order valence-corrected chi connectivity index (χ2v) is 6.20. The van der Waals surface area contributed by atoms with Crippen molar-refractivity contribution < 1.29 is 18.0 Å². The van der Waals surface area contributed by atoms with E-state index in [0.717, 1.165) is 23.0 Å². The third kappa shape index (κ3) is 2.93. The molecule has 4 rings (SSSR count). The second-order valence-electron chi connectivity index (χ2n) is 6.20.